The summed E-state index contributed by atoms with van der Waals surface area (Å²) in [4.78, 5) is 3.86. The molecule has 0 bridgehead atoms. The summed E-state index contributed by atoms with van der Waals surface area (Å²) in [6.45, 7) is 8.39. The number of piperazine rings is 1. The largest absolute Gasteiger partial charge is 0.362 e. The van der Waals surface area contributed by atoms with Gasteiger partial charge in [-0.2, -0.15) is 4.31 Å². The van der Waals surface area contributed by atoms with Crippen molar-refractivity contribution in [3.63, 3.8) is 0 Å². The summed E-state index contributed by atoms with van der Waals surface area (Å²) in [5, 5.41) is 4.02. The first-order valence-electron chi connectivity index (χ1n) is 10.2. The quantitative estimate of drug-likeness (QED) is 0.477. The van der Waals surface area contributed by atoms with Gasteiger partial charge in [-0.3, -0.25) is 0 Å². The van der Waals surface area contributed by atoms with Crippen molar-refractivity contribution in [2.75, 3.05) is 53.4 Å². The Kier molecular flexibility index (Phi) is 8.67. The average molecular weight is 428 g/mol. The molecule has 0 spiro atoms. The fourth-order valence-corrected chi connectivity index (χ4v) is 4.94. The predicted octanol–water partition coefficient (Wildman–Crippen LogP) is 0.916. The molecule has 158 valence electrons. The van der Waals surface area contributed by atoms with Gasteiger partial charge in [-0.05, 0) is 42.3 Å². The van der Waals surface area contributed by atoms with Crippen LogP contribution in [0, 0.1) is 0 Å². The van der Waals surface area contributed by atoms with Crippen molar-refractivity contribution in [1.29, 1.82) is 0 Å². The highest BCUT2D eigenvalue weighted by atomic mass is 32.2. The van der Waals surface area contributed by atoms with Crippen molar-refractivity contribution < 1.29 is 13.3 Å². The Hall–Kier alpha value is -1.22. The Labute approximate surface area is 175 Å². The van der Waals surface area contributed by atoms with Crippen LogP contribution in [0.4, 0.5) is 0 Å². The van der Waals surface area contributed by atoms with Gasteiger partial charge >= 0.3 is 0 Å². The third kappa shape index (κ3) is 6.14. The van der Waals surface area contributed by atoms with E-state index in [0.29, 0.717) is 37.0 Å². The van der Waals surface area contributed by atoms with Crippen LogP contribution in [0.25, 0.3) is 0 Å². The molecule has 1 heterocycles. The van der Waals surface area contributed by atoms with Gasteiger partial charge in [0.1, 0.15) is 0 Å². The highest BCUT2D eigenvalue weighted by molar-refractivity contribution is 7.89. The summed E-state index contributed by atoms with van der Waals surface area (Å²) in [6.07, 6.45) is 2.10. The zero-order valence-corrected chi connectivity index (χ0v) is 19.2. The monoisotopic (exact) mass is 427 g/mol. The van der Waals surface area contributed by atoms with Gasteiger partial charge in [0.2, 0.25) is 10.0 Å². The number of benzene rings is 1. The van der Waals surface area contributed by atoms with Gasteiger partial charge in [0.05, 0.1) is 25.5 Å². The Balaban J connectivity index is 1.88. The van der Waals surface area contributed by atoms with E-state index < -0.39 is 10.0 Å². The van der Waals surface area contributed by atoms with Crippen molar-refractivity contribution in [1.82, 2.24) is 14.5 Å². The second-order valence-corrected chi connectivity index (χ2v) is 10.1. The van der Waals surface area contributed by atoms with Gasteiger partial charge in [-0.15, -0.1) is 0 Å². The average Bonchev–Trinajstić information content (AvgIpc) is 2.70. The van der Waals surface area contributed by atoms with E-state index in [4.69, 9.17) is 12.2 Å². The third-order valence-electron chi connectivity index (χ3n) is 5.35. The second kappa shape index (κ2) is 10.5. The van der Waals surface area contributed by atoms with Gasteiger partial charge in [0.15, 0.2) is 5.11 Å². The first kappa shape index (κ1) is 23.1. The maximum atomic E-state index is 12.9. The summed E-state index contributed by atoms with van der Waals surface area (Å²) in [5.74, 6) is 0.438. The number of rotatable bonds is 8. The van der Waals surface area contributed by atoms with Gasteiger partial charge in [-0.25, -0.2) is 8.42 Å². The molecule has 1 atom stereocenters. The minimum absolute atomic E-state index is 0.375. The molecule has 1 aliphatic rings. The SMILES string of the molecule is CC[C@@H](C)c1ccc(S(=O)(=O)N2CCN(C(=S)NCCC[NH+](C)C)CC2)cc1. The van der Waals surface area contributed by atoms with Crippen molar-refractivity contribution in [3.8, 4) is 0 Å². The summed E-state index contributed by atoms with van der Waals surface area (Å²) in [6, 6.07) is 7.35. The van der Waals surface area contributed by atoms with Crippen LogP contribution >= 0.6 is 12.2 Å². The van der Waals surface area contributed by atoms with Crippen LogP contribution < -0.4 is 10.2 Å². The second-order valence-electron chi connectivity index (χ2n) is 7.81. The van der Waals surface area contributed by atoms with E-state index in [1.54, 1.807) is 16.4 Å². The first-order chi connectivity index (χ1) is 13.3. The molecule has 1 saturated heterocycles. The summed E-state index contributed by atoms with van der Waals surface area (Å²) >= 11 is 5.47. The molecule has 0 saturated carbocycles. The van der Waals surface area contributed by atoms with Crippen molar-refractivity contribution in [2.24, 2.45) is 0 Å². The molecule has 0 unspecified atom stereocenters. The maximum Gasteiger partial charge on any atom is 0.243 e. The minimum Gasteiger partial charge on any atom is -0.362 e. The van der Waals surface area contributed by atoms with Crippen LogP contribution in [0.5, 0.6) is 0 Å². The summed E-state index contributed by atoms with van der Waals surface area (Å²) in [7, 11) is 0.819. The first-order valence-corrected chi connectivity index (χ1v) is 12.0. The molecule has 8 heteroatoms. The molecular weight excluding hydrogens is 392 g/mol. The van der Waals surface area contributed by atoms with Crippen LogP contribution in [-0.2, 0) is 10.0 Å². The van der Waals surface area contributed by atoms with Crippen LogP contribution in [0.3, 0.4) is 0 Å². The highest BCUT2D eigenvalue weighted by Gasteiger charge is 2.29. The summed E-state index contributed by atoms with van der Waals surface area (Å²) < 4.78 is 27.5. The Morgan fingerprint density at radius 3 is 2.32 bits per heavy atom. The van der Waals surface area contributed by atoms with Gasteiger partial charge in [0, 0.05) is 39.1 Å². The molecule has 6 nitrogen and oxygen atoms in total. The Morgan fingerprint density at radius 2 is 1.79 bits per heavy atom. The topological polar surface area (TPSA) is 57.1 Å². The fraction of sp³-hybridized carbons (Fsp3) is 0.650. The smallest absolute Gasteiger partial charge is 0.243 e. The lowest BCUT2D eigenvalue weighted by molar-refractivity contribution is -0.858. The number of nitrogens with one attached hydrogen (secondary N) is 2. The molecule has 1 aromatic carbocycles. The number of hydrogen-bond acceptors (Lipinski definition) is 3. The maximum absolute atomic E-state index is 12.9. The molecule has 0 amide bonds. The minimum atomic E-state index is -3.45. The van der Waals surface area contributed by atoms with E-state index in [0.717, 1.165) is 31.0 Å². The molecule has 1 fully saturated rings. The third-order valence-corrected chi connectivity index (χ3v) is 7.67. The molecule has 1 aromatic rings. The van der Waals surface area contributed by atoms with E-state index in [9.17, 15) is 8.42 Å². The van der Waals surface area contributed by atoms with Crippen molar-refractivity contribution in [3.05, 3.63) is 29.8 Å². The normalized spacial score (nSPS) is 17.0. The molecule has 2 N–H and O–H groups in total. The molecule has 28 heavy (non-hydrogen) atoms. The van der Waals surface area contributed by atoms with E-state index in [1.165, 1.54) is 10.5 Å². The molecule has 0 aliphatic carbocycles. The van der Waals surface area contributed by atoms with E-state index >= 15 is 0 Å². The number of nitrogens with zero attached hydrogens (tertiary/aromatic N) is 2. The number of hydrogen-bond donors (Lipinski definition) is 2. The highest BCUT2D eigenvalue weighted by Crippen LogP contribution is 2.23. The van der Waals surface area contributed by atoms with Crippen LogP contribution in [-0.4, -0.2) is 76.1 Å². The van der Waals surface area contributed by atoms with Crippen LogP contribution in [0.1, 0.15) is 38.2 Å². The van der Waals surface area contributed by atoms with E-state index in [2.05, 4.69) is 38.2 Å². The van der Waals surface area contributed by atoms with Gasteiger partial charge < -0.3 is 15.1 Å². The molecule has 0 radical (unpaired) electrons. The van der Waals surface area contributed by atoms with Crippen LogP contribution in [0.2, 0.25) is 0 Å². The van der Waals surface area contributed by atoms with Crippen molar-refractivity contribution in [2.45, 2.75) is 37.5 Å². The number of quaternary nitrogens is 1. The summed E-state index contributed by atoms with van der Waals surface area (Å²) in [5.41, 5.74) is 1.18. The molecular formula is C20H35N4O2S2+. The van der Waals surface area contributed by atoms with Gasteiger partial charge in [0.25, 0.3) is 0 Å². The van der Waals surface area contributed by atoms with E-state index in [1.807, 2.05) is 12.1 Å². The fourth-order valence-electron chi connectivity index (χ4n) is 3.23. The molecule has 1 aliphatic heterocycles. The zero-order chi connectivity index (χ0) is 20.7. The number of sulfonamides is 1. The van der Waals surface area contributed by atoms with Crippen LogP contribution in [0.15, 0.2) is 29.2 Å². The lowest BCUT2D eigenvalue weighted by Crippen LogP contribution is -3.05. The molecule has 0 aromatic heterocycles. The Morgan fingerprint density at radius 1 is 1.18 bits per heavy atom. The van der Waals surface area contributed by atoms with E-state index in [-0.39, 0.29) is 0 Å². The predicted molar refractivity (Wildman–Crippen MR) is 118 cm³/mol. The van der Waals surface area contributed by atoms with Gasteiger partial charge in [-0.1, -0.05) is 26.0 Å². The Bertz CT molecular complexity index is 727. The zero-order valence-electron chi connectivity index (χ0n) is 17.6. The lowest BCUT2D eigenvalue weighted by Gasteiger charge is -2.35. The molecule has 2 rings (SSSR count). The standard InChI is InChI=1S/C20H34N4O2S2/c1-5-17(2)18-7-9-19(10-8-18)28(25,26)24-15-13-23(14-16-24)20(27)21-11-6-12-22(3)4/h7-10,17H,5-6,11-16H2,1-4H3,(H,21,27)/p+1/t17-/m1/s1. The van der Waals surface area contributed by atoms with Crippen molar-refractivity contribution >= 4 is 27.4 Å². The number of thiocarbonyl (C=S) groups is 1. The lowest BCUT2D eigenvalue weighted by atomic mass is 9.99.